The van der Waals surface area contributed by atoms with Crippen LogP contribution in [0.3, 0.4) is 0 Å². The maximum absolute atomic E-state index is 10.5. The topological polar surface area (TPSA) is 17.1 Å². The second-order valence-corrected chi connectivity index (χ2v) is 4.55. The molecule has 0 amide bonds. The molecule has 0 aromatic heterocycles. The van der Waals surface area contributed by atoms with E-state index in [4.69, 9.17) is 0 Å². The predicted molar refractivity (Wildman–Crippen MR) is 39.0 cm³/mol. The van der Waals surface area contributed by atoms with E-state index in [0.29, 0.717) is 15.6 Å². The van der Waals surface area contributed by atoms with Gasteiger partial charge >= 0.3 is 0 Å². The minimum Gasteiger partial charge on any atom is -0.307 e. The monoisotopic (exact) mass is 130 g/mol. The molecule has 0 saturated carbocycles. The summed E-state index contributed by atoms with van der Waals surface area (Å²) in [5.74, 6) is 0. The Morgan fingerprint density at radius 1 is 1.50 bits per heavy atom. The highest BCUT2D eigenvalue weighted by Crippen LogP contribution is 2.17. The number of carbonyl (C=O) groups excluding carboxylic acids is 1. The molecule has 0 fully saturated rings. The first kappa shape index (κ1) is 7.89. The maximum Gasteiger partial charge on any atom is 0.101 e. The van der Waals surface area contributed by atoms with Crippen LogP contribution in [0.1, 0.15) is 27.2 Å². The third-order valence-electron chi connectivity index (χ3n) is 0.779. The van der Waals surface area contributed by atoms with Crippen molar-refractivity contribution in [2.45, 2.75) is 27.2 Å². The first-order valence-corrected chi connectivity index (χ1v) is 3.91. The molecule has 0 N–H and O–H groups in total. The lowest BCUT2D eigenvalue weighted by molar-refractivity contribution is -0.113. The van der Waals surface area contributed by atoms with Gasteiger partial charge in [0.25, 0.3) is 0 Å². The summed E-state index contributed by atoms with van der Waals surface area (Å²) in [5.41, 5.74) is 0.207. The van der Waals surface area contributed by atoms with E-state index >= 15 is 0 Å². The summed E-state index contributed by atoms with van der Waals surface area (Å²) >= 11 is 0. The molecule has 8 heavy (non-hydrogen) atoms. The second-order valence-electron chi connectivity index (χ2n) is 3.44. The van der Waals surface area contributed by atoms with Gasteiger partial charge in [0.15, 0.2) is 0 Å². The zero-order chi connectivity index (χ0) is 6.78. The van der Waals surface area contributed by atoms with E-state index in [9.17, 15) is 4.79 Å². The van der Waals surface area contributed by atoms with Crippen molar-refractivity contribution in [2.24, 2.45) is 5.41 Å². The Kier molecular flexibility index (Phi) is 2.41. The van der Waals surface area contributed by atoms with Gasteiger partial charge < -0.3 is 4.79 Å². The molecule has 0 atom stereocenters. The van der Waals surface area contributed by atoms with Crippen LogP contribution in [0.2, 0.25) is 0 Å². The average Bonchev–Trinajstić information content (AvgIpc) is 1.21. The Labute approximate surface area is 53.9 Å². The number of hydrogen-bond donors (Lipinski definition) is 0. The quantitative estimate of drug-likeness (QED) is 0.467. The summed E-state index contributed by atoms with van der Waals surface area (Å²) in [7, 11) is 0.711. The second kappa shape index (κ2) is 2.44. The van der Waals surface area contributed by atoms with Crippen LogP contribution in [0.15, 0.2) is 0 Å². The van der Waals surface area contributed by atoms with Crippen molar-refractivity contribution in [1.82, 2.24) is 0 Å². The van der Waals surface area contributed by atoms with Gasteiger partial charge in [-0.3, -0.25) is 0 Å². The zero-order valence-electron chi connectivity index (χ0n) is 6.12. The van der Waals surface area contributed by atoms with Gasteiger partial charge in [-0.2, -0.15) is 0 Å². The average molecular weight is 130 g/mol. The van der Waals surface area contributed by atoms with Crippen molar-refractivity contribution >= 4 is 15.6 Å². The molecule has 48 valence electrons. The van der Waals surface area contributed by atoms with E-state index in [2.05, 4.69) is 20.8 Å². The highest BCUT2D eigenvalue weighted by atomic mass is 28.1. The highest BCUT2D eigenvalue weighted by molar-refractivity contribution is 6.57. The van der Waals surface area contributed by atoms with Gasteiger partial charge in [0.1, 0.15) is 5.41 Å². The Hall–Kier alpha value is -0.113. The van der Waals surface area contributed by atoms with Crippen molar-refractivity contribution in [2.75, 3.05) is 0 Å². The van der Waals surface area contributed by atoms with E-state index < -0.39 is 0 Å². The summed E-state index contributed by atoms with van der Waals surface area (Å²) in [6.07, 6.45) is 0.749. The molecule has 0 spiro atoms. The lowest BCUT2D eigenvalue weighted by atomic mass is 9.93. The minimum atomic E-state index is 0.207. The summed E-state index contributed by atoms with van der Waals surface area (Å²) in [6, 6.07) is 0. The standard InChI is InChI=1S/C6H14OSi/c1-6(2,3)4-5(7)8/h4H2,1-3,8H3. The van der Waals surface area contributed by atoms with Crippen LogP contribution in [0.25, 0.3) is 0 Å². The van der Waals surface area contributed by atoms with Gasteiger partial charge in [-0.1, -0.05) is 20.8 Å². The van der Waals surface area contributed by atoms with Crippen LogP contribution >= 0.6 is 0 Å². The van der Waals surface area contributed by atoms with Crippen LogP contribution in [0.4, 0.5) is 0 Å². The molecule has 0 aliphatic rings. The van der Waals surface area contributed by atoms with Gasteiger partial charge in [-0.15, -0.1) is 0 Å². The third-order valence-corrected chi connectivity index (χ3v) is 1.13. The molecule has 1 nitrogen and oxygen atoms in total. The van der Waals surface area contributed by atoms with E-state index in [-0.39, 0.29) is 5.41 Å². The molecule has 0 aliphatic carbocycles. The minimum absolute atomic E-state index is 0.207. The molecule has 0 saturated heterocycles. The first-order valence-electron chi connectivity index (χ1n) is 2.91. The van der Waals surface area contributed by atoms with Crippen LogP contribution in [-0.4, -0.2) is 15.6 Å². The van der Waals surface area contributed by atoms with Crippen LogP contribution in [0, 0.1) is 5.41 Å². The molecule has 0 rings (SSSR count). The molecule has 0 radical (unpaired) electrons. The summed E-state index contributed by atoms with van der Waals surface area (Å²) in [4.78, 5) is 10.5. The van der Waals surface area contributed by atoms with Crippen molar-refractivity contribution in [3.05, 3.63) is 0 Å². The van der Waals surface area contributed by atoms with Crippen LogP contribution < -0.4 is 0 Å². The Balaban J connectivity index is 3.55. The molecule has 0 aliphatic heterocycles. The fraction of sp³-hybridized carbons (Fsp3) is 0.833. The fourth-order valence-corrected chi connectivity index (χ4v) is 1.81. The van der Waals surface area contributed by atoms with Gasteiger partial charge in [0, 0.05) is 6.42 Å². The van der Waals surface area contributed by atoms with Gasteiger partial charge in [0.05, 0.1) is 10.2 Å². The first-order chi connectivity index (χ1) is 3.42. The highest BCUT2D eigenvalue weighted by Gasteiger charge is 2.11. The molecule has 0 aromatic rings. The Bertz CT molecular complexity index is 91.2. The summed E-state index contributed by atoms with van der Waals surface area (Å²) in [6.45, 7) is 6.26. The Morgan fingerprint density at radius 3 is 1.88 bits per heavy atom. The smallest absolute Gasteiger partial charge is 0.101 e. The number of carbonyl (C=O) groups is 1. The van der Waals surface area contributed by atoms with Crippen molar-refractivity contribution in [1.29, 1.82) is 0 Å². The summed E-state index contributed by atoms with van der Waals surface area (Å²) < 4.78 is 0. The molecule has 0 unspecified atom stereocenters. The molecule has 0 aromatic carbocycles. The van der Waals surface area contributed by atoms with Crippen molar-refractivity contribution in [3.63, 3.8) is 0 Å². The normalized spacial score (nSPS) is 11.9. The van der Waals surface area contributed by atoms with Gasteiger partial charge in [0.2, 0.25) is 0 Å². The zero-order valence-corrected chi connectivity index (χ0v) is 8.12. The fourth-order valence-electron chi connectivity index (χ4n) is 0.747. The van der Waals surface area contributed by atoms with Gasteiger partial charge in [-0.05, 0) is 5.41 Å². The van der Waals surface area contributed by atoms with Crippen molar-refractivity contribution < 1.29 is 4.79 Å². The van der Waals surface area contributed by atoms with E-state index in [1.54, 1.807) is 0 Å². The summed E-state index contributed by atoms with van der Waals surface area (Å²) in [5, 5.41) is 0.414. The van der Waals surface area contributed by atoms with Crippen LogP contribution in [-0.2, 0) is 4.79 Å². The molecule has 2 heteroatoms. The number of rotatable bonds is 1. The Morgan fingerprint density at radius 2 is 1.88 bits per heavy atom. The van der Waals surface area contributed by atoms with E-state index in [0.717, 1.165) is 6.42 Å². The predicted octanol–water partition coefficient (Wildman–Crippen LogP) is 0.315. The molecule has 0 heterocycles. The SMILES string of the molecule is CC(C)(C)CC(=O)[SiH3]. The largest absolute Gasteiger partial charge is 0.307 e. The van der Waals surface area contributed by atoms with E-state index in [1.165, 1.54) is 0 Å². The lowest BCUT2D eigenvalue weighted by Crippen LogP contribution is -2.11. The molecular weight excluding hydrogens is 116 g/mol. The van der Waals surface area contributed by atoms with E-state index in [1.807, 2.05) is 0 Å². The lowest BCUT2D eigenvalue weighted by Gasteiger charge is -2.14. The van der Waals surface area contributed by atoms with Crippen molar-refractivity contribution in [3.8, 4) is 0 Å². The molecular formula is C6H14OSi. The maximum atomic E-state index is 10.5. The van der Waals surface area contributed by atoms with Crippen LogP contribution in [0.5, 0.6) is 0 Å². The third kappa shape index (κ3) is 5.89. The number of hydrogen-bond acceptors (Lipinski definition) is 1. The van der Waals surface area contributed by atoms with Gasteiger partial charge in [-0.25, -0.2) is 0 Å². The molecule has 0 bridgehead atoms.